The van der Waals surface area contributed by atoms with Crippen molar-refractivity contribution < 1.29 is 14.5 Å². The lowest BCUT2D eigenvalue weighted by Gasteiger charge is -2.33. The van der Waals surface area contributed by atoms with Crippen molar-refractivity contribution in [1.29, 1.82) is 0 Å². The summed E-state index contributed by atoms with van der Waals surface area (Å²) in [6.07, 6.45) is 5.32. The summed E-state index contributed by atoms with van der Waals surface area (Å²) in [5, 5.41) is 11.9. The van der Waals surface area contributed by atoms with Gasteiger partial charge in [0, 0.05) is 23.1 Å². The van der Waals surface area contributed by atoms with Crippen molar-refractivity contribution in [3.8, 4) is 0 Å². The molecular formula is C21H21N3O4. The molecule has 2 aromatic rings. The number of carbonyl (C=O) groups excluding carboxylic acids is 1. The zero-order valence-corrected chi connectivity index (χ0v) is 15.6. The lowest BCUT2D eigenvalue weighted by molar-refractivity contribution is -0.384. The van der Waals surface area contributed by atoms with Crippen LogP contribution in [0.1, 0.15) is 31.0 Å². The van der Waals surface area contributed by atoms with Gasteiger partial charge >= 0.3 is 0 Å². The molecule has 0 aliphatic carbocycles. The number of nitro benzene ring substituents is 1. The number of pyridine rings is 1. The van der Waals surface area contributed by atoms with Gasteiger partial charge < -0.3 is 9.64 Å². The van der Waals surface area contributed by atoms with Crippen LogP contribution in [0.15, 0.2) is 43.2 Å². The van der Waals surface area contributed by atoms with Crippen molar-refractivity contribution in [2.45, 2.75) is 26.3 Å². The van der Waals surface area contributed by atoms with Crippen LogP contribution in [0.4, 0.5) is 5.69 Å². The Morgan fingerprint density at radius 2 is 2.25 bits per heavy atom. The van der Waals surface area contributed by atoms with Crippen LogP contribution in [-0.2, 0) is 16.1 Å². The van der Waals surface area contributed by atoms with Gasteiger partial charge in [0.15, 0.2) is 0 Å². The predicted molar refractivity (Wildman–Crippen MR) is 105 cm³/mol. The van der Waals surface area contributed by atoms with Crippen molar-refractivity contribution in [2.24, 2.45) is 11.8 Å². The molecule has 2 aliphatic rings. The number of hydrogen-bond acceptors (Lipinski definition) is 5. The molecule has 144 valence electrons. The standard InChI is InChI=1S/C21H21N3O4/c1-3-5-13-9-19-20-15(11-23(19)21(25)17(13)12-28-4-2)8-14-6-7-16(24(26)27)10-18(14)22-20/h4,6-10,13,17H,2-3,5,11-12H2,1H3. The van der Waals surface area contributed by atoms with E-state index in [0.29, 0.717) is 18.7 Å². The molecule has 0 saturated heterocycles. The Hall–Kier alpha value is -3.22. The van der Waals surface area contributed by atoms with E-state index < -0.39 is 4.92 Å². The minimum Gasteiger partial charge on any atom is -0.501 e. The van der Waals surface area contributed by atoms with Crippen molar-refractivity contribution >= 4 is 28.2 Å². The molecule has 2 unspecified atom stereocenters. The van der Waals surface area contributed by atoms with Crippen LogP contribution in [-0.4, -0.2) is 27.3 Å². The predicted octanol–water partition coefficient (Wildman–Crippen LogP) is 4.03. The van der Waals surface area contributed by atoms with E-state index in [-0.39, 0.29) is 23.4 Å². The third-order valence-electron chi connectivity index (χ3n) is 5.44. The maximum absolute atomic E-state index is 13.2. The highest BCUT2D eigenvalue weighted by atomic mass is 16.6. The largest absolute Gasteiger partial charge is 0.501 e. The quantitative estimate of drug-likeness (QED) is 0.430. The molecule has 0 N–H and O–H groups in total. The minimum atomic E-state index is -0.425. The van der Waals surface area contributed by atoms with E-state index >= 15 is 0 Å². The van der Waals surface area contributed by atoms with E-state index in [9.17, 15) is 14.9 Å². The number of benzene rings is 1. The van der Waals surface area contributed by atoms with Gasteiger partial charge in [-0.2, -0.15) is 0 Å². The number of rotatable bonds is 6. The molecule has 2 aliphatic heterocycles. The van der Waals surface area contributed by atoms with Crippen LogP contribution in [0.5, 0.6) is 0 Å². The Balaban J connectivity index is 1.78. The number of hydrogen-bond donors (Lipinski definition) is 0. The fraction of sp³-hybridized carbons (Fsp3) is 0.333. The summed E-state index contributed by atoms with van der Waals surface area (Å²) in [5.41, 5.74) is 3.08. The summed E-state index contributed by atoms with van der Waals surface area (Å²) in [6, 6.07) is 6.63. The second-order valence-corrected chi connectivity index (χ2v) is 7.17. The third kappa shape index (κ3) is 2.93. The normalized spacial score (nSPS) is 20.5. The first-order valence-corrected chi connectivity index (χ1v) is 9.37. The molecule has 7 heteroatoms. The first-order valence-electron chi connectivity index (χ1n) is 9.37. The summed E-state index contributed by atoms with van der Waals surface area (Å²) < 4.78 is 5.35. The van der Waals surface area contributed by atoms with Crippen LogP contribution < -0.4 is 0 Å². The highest BCUT2D eigenvalue weighted by molar-refractivity contribution is 5.95. The molecule has 1 aromatic heterocycles. The molecule has 1 aromatic carbocycles. The van der Waals surface area contributed by atoms with Crippen molar-refractivity contribution in [3.63, 3.8) is 0 Å². The molecule has 2 atom stereocenters. The molecule has 0 radical (unpaired) electrons. The number of amides is 1. The van der Waals surface area contributed by atoms with E-state index in [0.717, 1.165) is 35.2 Å². The average molecular weight is 379 g/mol. The third-order valence-corrected chi connectivity index (χ3v) is 5.44. The van der Waals surface area contributed by atoms with Gasteiger partial charge in [0.2, 0.25) is 5.91 Å². The molecular weight excluding hydrogens is 358 g/mol. The maximum Gasteiger partial charge on any atom is 0.271 e. The summed E-state index contributed by atoms with van der Waals surface area (Å²) in [7, 11) is 0. The number of aromatic nitrogens is 1. The number of allylic oxidation sites excluding steroid dienone is 1. The maximum atomic E-state index is 13.2. The summed E-state index contributed by atoms with van der Waals surface area (Å²) >= 11 is 0. The molecule has 0 fully saturated rings. The molecule has 0 spiro atoms. The highest BCUT2D eigenvalue weighted by Gasteiger charge is 2.41. The zero-order valence-electron chi connectivity index (χ0n) is 15.6. The number of non-ortho nitro benzene ring substituents is 1. The topological polar surface area (TPSA) is 85.6 Å². The van der Waals surface area contributed by atoms with E-state index in [2.05, 4.69) is 24.6 Å². The fourth-order valence-electron chi connectivity index (χ4n) is 4.09. The number of nitrogens with zero attached hydrogens (tertiary/aromatic N) is 3. The molecule has 7 nitrogen and oxygen atoms in total. The van der Waals surface area contributed by atoms with Gasteiger partial charge in [-0.3, -0.25) is 14.9 Å². The summed E-state index contributed by atoms with van der Waals surface area (Å²) in [5.74, 6) is -0.144. The van der Waals surface area contributed by atoms with Gasteiger partial charge in [-0.15, -0.1) is 0 Å². The van der Waals surface area contributed by atoms with Gasteiger partial charge in [-0.25, -0.2) is 4.98 Å². The fourth-order valence-corrected chi connectivity index (χ4v) is 4.09. The number of nitro groups is 1. The number of ether oxygens (including phenoxy) is 1. The van der Waals surface area contributed by atoms with Crippen LogP contribution >= 0.6 is 0 Å². The van der Waals surface area contributed by atoms with E-state index in [1.807, 2.05) is 6.07 Å². The Bertz CT molecular complexity index is 1010. The van der Waals surface area contributed by atoms with Gasteiger partial charge in [0.25, 0.3) is 5.69 Å². The monoisotopic (exact) mass is 379 g/mol. The summed E-state index contributed by atoms with van der Waals surface area (Å²) in [6.45, 7) is 6.43. The lowest BCUT2D eigenvalue weighted by Crippen LogP contribution is -2.41. The molecule has 0 bridgehead atoms. The van der Waals surface area contributed by atoms with Crippen LogP contribution in [0.3, 0.4) is 0 Å². The molecule has 28 heavy (non-hydrogen) atoms. The molecule has 1 amide bonds. The minimum absolute atomic E-state index is 0.00833. The van der Waals surface area contributed by atoms with E-state index in [1.54, 1.807) is 11.0 Å². The first kappa shape index (κ1) is 18.2. The zero-order chi connectivity index (χ0) is 19.8. The van der Waals surface area contributed by atoms with E-state index in [4.69, 9.17) is 4.74 Å². The molecule has 4 rings (SSSR count). The van der Waals surface area contributed by atoms with Crippen LogP contribution in [0, 0.1) is 22.0 Å². The van der Waals surface area contributed by atoms with Crippen LogP contribution in [0.2, 0.25) is 0 Å². The Labute approximate surface area is 162 Å². The van der Waals surface area contributed by atoms with Gasteiger partial charge in [-0.1, -0.05) is 26.0 Å². The Morgan fingerprint density at radius 3 is 2.96 bits per heavy atom. The molecule has 3 heterocycles. The van der Waals surface area contributed by atoms with Gasteiger partial charge in [0.05, 0.1) is 47.2 Å². The summed E-state index contributed by atoms with van der Waals surface area (Å²) in [4.78, 5) is 30.3. The van der Waals surface area contributed by atoms with Crippen molar-refractivity contribution in [2.75, 3.05) is 6.61 Å². The van der Waals surface area contributed by atoms with Crippen molar-refractivity contribution in [1.82, 2.24) is 9.88 Å². The molecule has 0 saturated carbocycles. The number of carbonyl (C=O) groups is 1. The number of fused-ring (bicyclic) bond motifs is 4. The van der Waals surface area contributed by atoms with E-state index in [1.165, 1.54) is 18.4 Å². The Morgan fingerprint density at radius 1 is 1.43 bits per heavy atom. The Kier molecular flexibility index (Phi) is 4.58. The second-order valence-electron chi connectivity index (χ2n) is 7.17. The first-order chi connectivity index (χ1) is 13.5. The van der Waals surface area contributed by atoms with Gasteiger partial charge in [0.1, 0.15) is 0 Å². The average Bonchev–Trinajstić information content (AvgIpc) is 3.03. The lowest BCUT2D eigenvalue weighted by atomic mass is 9.84. The smallest absolute Gasteiger partial charge is 0.271 e. The SMILES string of the molecule is C=COCC1C(=O)N2Cc3cc4ccc([N+](=O)[O-])cc4nc3C2=CC1CCC. The second kappa shape index (κ2) is 7.07. The van der Waals surface area contributed by atoms with Crippen molar-refractivity contribution in [3.05, 3.63) is 64.6 Å². The highest BCUT2D eigenvalue weighted by Crippen LogP contribution is 2.41. The van der Waals surface area contributed by atoms with Gasteiger partial charge in [-0.05, 0) is 24.5 Å². The van der Waals surface area contributed by atoms with Crippen LogP contribution in [0.25, 0.3) is 16.6 Å².